The highest BCUT2D eigenvalue weighted by Crippen LogP contribution is 2.32. The van der Waals surface area contributed by atoms with Crippen molar-refractivity contribution in [3.05, 3.63) is 40.1 Å². The van der Waals surface area contributed by atoms with Crippen molar-refractivity contribution in [3.63, 3.8) is 0 Å². The lowest BCUT2D eigenvalue weighted by Crippen LogP contribution is -2.14. The standard InChI is InChI=1S/C16H15NO5S/c1-20-16(19)15-11(6-7-23-15)17-14(18)5-3-10-2-4-12-13(8-10)22-9-21-12/h2,4,6-8H,3,5,9H2,1H3,(H,17,18). The van der Waals surface area contributed by atoms with Gasteiger partial charge in [0, 0.05) is 6.42 Å². The molecule has 0 unspecified atom stereocenters. The lowest BCUT2D eigenvalue weighted by atomic mass is 10.1. The Morgan fingerprint density at radius 1 is 1.26 bits per heavy atom. The number of carbonyl (C=O) groups is 2. The molecule has 3 rings (SSSR count). The highest BCUT2D eigenvalue weighted by Gasteiger charge is 2.16. The van der Waals surface area contributed by atoms with Crippen LogP contribution < -0.4 is 14.8 Å². The van der Waals surface area contributed by atoms with Gasteiger partial charge in [0.1, 0.15) is 4.88 Å². The molecule has 2 heterocycles. The van der Waals surface area contributed by atoms with Gasteiger partial charge in [-0.05, 0) is 35.6 Å². The van der Waals surface area contributed by atoms with Crippen LogP contribution in [0.2, 0.25) is 0 Å². The lowest BCUT2D eigenvalue weighted by molar-refractivity contribution is -0.116. The molecule has 1 aromatic heterocycles. The molecule has 0 fully saturated rings. The second kappa shape index (κ2) is 6.70. The number of benzene rings is 1. The molecule has 0 saturated carbocycles. The van der Waals surface area contributed by atoms with E-state index in [1.165, 1.54) is 18.4 Å². The quantitative estimate of drug-likeness (QED) is 0.852. The summed E-state index contributed by atoms with van der Waals surface area (Å²) in [4.78, 5) is 24.0. The minimum Gasteiger partial charge on any atom is -0.465 e. The predicted molar refractivity (Wildman–Crippen MR) is 85.2 cm³/mol. The zero-order valence-corrected chi connectivity index (χ0v) is 13.3. The van der Waals surface area contributed by atoms with Crippen molar-refractivity contribution in [2.24, 2.45) is 0 Å². The number of esters is 1. The Bertz CT molecular complexity index is 740. The Hall–Kier alpha value is -2.54. The number of amides is 1. The summed E-state index contributed by atoms with van der Waals surface area (Å²) >= 11 is 1.23. The Balaban J connectivity index is 1.58. The smallest absolute Gasteiger partial charge is 0.350 e. The molecule has 0 spiro atoms. The van der Waals surface area contributed by atoms with E-state index in [0.29, 0.717) is 29.2 Å². The second-order valence-corrected chi connectivity index (χ2v) is 5.81. The molecule has 0 atom stereocenters. The van der Waals surface area contributed by atoms with Gasteiger partial charge >= 0.3 is 5.97 Å². The van der Waals surface area contributed by atoms with Crippen molar-refractivity contribution in [2.75, 3.05) is 19.2 Å². The van der Waals surface area contributed by atoms with Crippen LogP contribution in [-0.4, -0.2) is 25.8 Å². The first-order valence-corrected chi connectivity index (χ1v) is 7.89. The molecule has 1 aliphatic heterocycles. The van der Waals surface area contributed by atoms with Gasteiger partial charge in [0.25, 0.3) is 0 Å². The van der Waals surface area contributed by atoms with Gasteiger partial charge in [-0.25, -0.2) is 4.79 Å². The molecule has 1 amide bonds. The van der Waals surface area contributed by atoms with E-state index in [2.05, 4.69) is 10.1 Å². The van der Waals surface area contributed by atoms with Crippen LogP contribution >= 0.6 is 11.3 Å². The van der Waals surface area contributed by atoms with E-state index in [0.717, 1.165) is 11.3 Å². The molecule has 0 bridgehead atoms. The van der Waals surface area contributed by atoms with Gasteiger partial charge in [0.05, 0.1) is 12.8 Å². The highest BCUT2D eigenvalue weighted by molar-refractivity contribution is 7.12. The zero-order valence-electron chi connectivity index (χ0n) is 12.5. The van der Waals surface area contributed by atoms with E-state index in [-0.39, 0.29) is 12.7 Å². The Morgan fingerprint density at radius 3 is 2.91 bits per heavy atom. The van der Waals surface area contributed by atoms with E-state index >= 15 is 0 Å². The number of methoxy groups -OCH3 is 1. The van der Waals surface area contributed by atoms with Crippen LogP contribution in [0.3, 0.4) is 0 Å². The average Bonchev–Trinajstić information content (AvgIpc) is 3.20. The molecule has 6 nitrogen and oxygen atoms in total. The van der Waals surface area contributed by atoms with Crippen LogP contribution in [0.5, 0.6) is 11.5 Å². The fraction of sp³-hybridized carbons (Fsp3) is 0.250. The molecule has 1 aromatic carbocycles. The summed E-state index contributed by atoms with van der Waals surface area (Å²) in [6.45, 7) is 0.230. The molecule has 1 aliphatic rings. The number of rotatable bonds is 5. The molecule has 2 aromatic rings. The van der Waals surface area contributed by atoms with E-state index in [4.69, 9.17) is 9.47 Å². The fourth-order valence-corrected chi connectivity index (χ4v) is 2.99. The van der Waals surface area contributed by atoms with Gasteiger partial charge in [-0.15, -0.1) is 11.3 Å². The lowest BCUT2D eigenvalue weighted by Gasteiger charge is -2.06. The molecular weight excluding hydrogens is 318 g/mol. The van der Waals surface area contributed by atoms with Gasteiger partial charge in [0.2, 0.25) is 12.7 Å². The maximum atomic E-state index is 12.1. The number of ether oxygens (including phenoxy) is 3. The van der Waals surface area contributed by atoms with E-state index in [9.17, 15) is 9.59 Å². The van der Waals surface area contributed by atoms with Gasteiger partial charge in [-0.2, -0.15) is 0 Å². The van der Waals surface area contributed by atoms with Crippen LogP contribution in [-0.2, 0) is 16.0 Å². The molecule has 120 valence electrons. The third-order valence-corrected chi connectivity index (χ3v) is 4.28. The first-order valence-electron chi connectivity index (χ1n) is 7.01. The highest BCUT2D eigenvalue weighted by atomic mass is 32.1. The number of hydrogen-bond acceptors (Lipinski definition) is 6. The summed E-state index contributed by atoms with van der Waals surface area (Å²) in [5.74, 6) is 0.810. The fourth-order valence-electron chi connectivity index (χ4n) is 2.23. The summed E-state index contributed by atoms with van der Waals surface area (Å²) < 4.78 is 15.2. The third-order valence-electron chi connectivity index (χ3n) is 3.39. The minimum absolute atomic E-state index is 0.161. The van der Waals surface area contributed by atoms with Crippen LogP contribution in [0.15, 0.2) is 29.6 Å². The first kappa shape index (κ1) is 15.4. The van der Waals surface area contributed by atoms with Crippen molar-refractivity contribution in [3.8, 4) is 11.5 Å². The second-order valence-electron chi connectivity index (χ2n) is 4.89. The number of fused-ring (bicyclic) bond motifs is 1. The Morgan fingerprint density at radius 2 is 2.09 bits per heavy atom. The van der Waals surface area contributed by atoms with Crippen LogP contribution in [0.4, 0.5) is 5.69 Å². The molecule has 0 aliphatic carbocycles. The van der Waals surface area contributed by atoms with Crippen molar-refractivity contribution >= 4 is 28.9 Å². The number of thiophene rings is 1. The third kappa shape index (κ3) is 3.45. The molecule has 23 heavy (non-hydrogen) atoms. The SMILES string of the molecule is COC(=O)c1sccc1NC(=O)CCc1ccc2c(c1)OCO2. The normalized spacial score (nSPS) is 12.0. The monoisotopic (exact) mass is 333 g/mol. The number of nitrogens with one attached hydrogen (secondary N) is 1. The van der Waals surface area contributed by atoms with Crippen molar-refractivity contribution in [1.82, 2.24) is 0 Å². The van der Waals surface area contributed by atoms with Crippen molar-refractivity contribution < 1.29 is 23.8 Å². The summed E-state index contributed by atoms with van der Waals surface area (Å²) in [6.07, 6.45) is 0.871. The Labute approximate surface area is 137 Å². The molecule has 0 radical (unpaired) electrons. The zero-order chi connectivity index (χ0) is 16.2. The average molecular weight is 333 g/mol. The first-order chi connectivity index (χ1) is 11.2. The van der Waals surface area contributed by atoms with E-state index < -0.39 is 5.97 Å². The molecular formula is C16H15NO5S. The molecule has 0 saturated heterocycles. The van der Waals surface area contributed by atoms with Gasteiger partial charge < -0.3 is 19.5 Å². The largest absolute Gasteiger partial charge is 0.465 e. The van der Waals surface area contributed by atoms with E-state index in [1.54, 1.807) is 11.4 Å². The van der Waals surface area contributed by atoms with Gasteiger partial charge in [-0.1, -0.05) is 6.07 Å². The summed E-state index contributed by atoms with van der Waals surface area (Å²) in [5.41, 5.74) is 1.47. The maximum Gasteiger partial charge on any atom is 0.350 e. The Kier molecular flexibility index (Phi) is 4.47. The summed E-state index contributed by atoms with van der Waals surface area (Å²) in [6, 6.07) is 7.31. The molecule has 7 heteroatoms. The number of aryl methyl sites for hydroxylation is 1. The summed E-state index contributed by atoms with van der Waals surface area (Å²) in [5, 5.41) is 4.48. The minimum atomic E-state index is -0.453. The van der Waals surface area contributed by atoms with Gasteiger partial charge in [0.15, 0.2) is 11.5 Å². The van der Waals surface area contributed by atoms with E-state index in [1.807, 2.05) is 18.2 Å². The predicted octanol–water partition coefficient (Wildman–Crippen LogP) is 2.83. The molecule has 1 N–H and O–H groups in total. The van der Waals surface area contributed by atoms with Crippen LogP contribution in [0.1, 0.15) is 21.7 Å². The number of anilines is 1. The van der Waals surface area contributed by atoms with Crippen LogP contribution in [0, 0.1) is 0 Å². The number of hydrogen-bond donors (Lipinski definition) is 1. The van der Waals surface area contributed by atoms with Crippen molar-refractivity contribution in [1.29, 1.82) is 0 Å². The van der Waals surface area contributed by atoms with Crippen LogP contribution in [0.25, 0.3) is 0 Å². The maximum absolute atomic E-state index is 12.1. The van der Waals surface area contributed by atoms with Crippen molar-refractivity contribution in [2.45, 2.75) is 12.8 Å². The number of carbonyl (C=O) groups excluding carboxylic acids is 2. The summed E-state index contributed by atoms with van der Waals surface area (Å²) in [7, 11) is 1.31. The van der Waals surface area contributed by atoms with Gasteiger partial charge in [-0.3, -0.25) is 4.79 Å². The topological polar surface area (TPSA) is 73.9 Å².